The van der Waals surface area contributed by atoms with Crippen molar-refractivity contribution in [2.75, 3.05) is 5.75 Å². The number of carbonyl (C=O) groups is 2. The van der Waals surface area contributed by atoms with E-state index in [4.69, 9.17) is 5.73 Å². The van der Waals surface area contributed by atoms with Gasteiger partial charge in [-0.1, -0.05) is 12.2 Å². The van der Waals surface area contributed by atoms with Crippen LogP contribution in [0.25, 0.3) is 0 Å². The number of β-lactam (4-membered cyclic amide) rings is 1. The third-order valence-electron chi connectivity index (χ3n) is 2.60. The van der Waals surface area contributed by atoms with Crippen molar-refractivity contribution in [3.8, 4) is 0 Å². The van der Waals surface area contributed by atoms with E-state index in [1.807, 2.05) is 0 Å². The molecule has 7 heteroatoms. The first-order valence-corrected chi connectivity index (χ1v) is 5.90. The van der Waals surface area contributed by atoms with Crippen LogP contribution in [0.1, 0.15) is 6.92 Å². The molecule has 2 rings (SSSR count). The minimum atomic E-state index is -1.32. The van der Waals surface area contributed by atoms with Gasteiger partial charge in [-0.2, -0.15) is 0 Å². The number of hydrogen-bond acceptors (Lipinski definition) is 5. The van der Waals surface area contributed by atoms with E-state index >= 15 is 0 Å². The summed E-state index contributed by atoms with van der Waals surface area (Å²) in [7, 11) is 0. The molecule has 0 aromatic rings. The number of nitrogens with zero attached hydrogens (tertiary/aromatic N) is 1. The van der Waals surface area contributed by atoms with Gasteiger partial charge in [0.15, 0.2) is 0 Å². The number of thioether (sulfide) groups is 1. The predicted octanol–water partition coefficient (Wildman–Crippen LogP) is -4.19. The molecule has 0 unspecified atom stereocenters. The van der Waals surface area contributed by atoms with Crippen LogP contribution in [-0.2, 0) is 9.59 Å². The molecule has 0 radical (unpaired) electrons. The van der Waals surface area contributed by atoms with Crippen molar-refractivity contribution < 1.29 is 66.1 Å². The monoisotopic (exact) mass is 278 g/mol. The smallest absolute Gasteiger partial charge is 0.543 e. The van der Waals surface area contributed by atoms with Crippen molar-refractivity contribution >= 4 is 23.6 Å². The molecule has 2 atom stereocenters. The minimum Gasteiger partial charge on any atom is -0.543 e. The Morgan fingerprint density at radius 2 is 2.29 bits per heavy atom. The van der Waals surface area contributed by atoms with E-state index in [0.29, 0.717) is 11.3 Å². The van der Waals surface area contributed by atoms with Gasteiger partial charge < -0.3 is 15.6 Å². The Kier molecular flexibility index (Phi) is 5.45. The Bertz CT molecular complexity index is 422. The van der Waals surface area contributed by atoms with E-state index < -0.39 is 12.0 Å². The van der Waals surface area contributed by atoms with Crippen LogP contribution in [0.15, 0.2) is 23.4 Å². The van der Waals surface area contributed by atoms with Crippen LogP contribution < -0.4 is 62.2 Å². The van der Waals surface area contributed by atoms with Crippen molar-refractivity contribution in [3.63, 3.8) is 0 Å². The van der Waals surface area contributed by atoms with Gasteiger partial charge in [-0.3, -0.25) is 9.69 Å². The normalized spacial score (nSPS) is 27.6. The molecule has 1 amide bonds. The number of rotatable bonds is 2. The molecular weight excluding hydrogens is 267 g/mol. The summed E-state index contributed by atoms with van der Waals surface area (Å²) < 4.78 is 0. The molecular formula is C10H11KN2O3S. The van der Waals surface area contributed by atoms with Crippen LogP contribution in [0.4, 0.5) is 0 Å². The zero-order valence-corrected chi connectivity index (χ0v) is 13.6. The summed E-state index contributed by atoms with van der Waals surface area (Å²) >= 11 is 1.47. The van der Waals surface area contributed by atoms with E-state index in [1.165, 1.54) is 16.7 Å². The molecule has 0 aliphatic carbocycles. The van der Waals surface area contributed by atoms with E-state index in [1.54, 1.807) is 19.1 Å². The van der Waals surface area contributed by atoms with Crippen molar-refractivity contribution in [1.29, 1.82) is 0 Å². The largest absolute Gasteiger partial charge is 1.00 e. The van der Waals surface area contributed by atoms with Gasteiger partial charge in [0.25, 0.3) is 0 Å². The second kappa shape index (κ2) is 6.01. The molecule has 2 heterocycles. The minimum absolute atomic E-state index is 0. The number of carboxylic acid groups (broad SMARTS) is 1. The number of fused-ring (bicyclic) bond motifs is 1. The first-order valence-electron chi connectivity index (χ1n) is 4.85. The standard InChI is InChI=1S/C10H12N2O3S.K/c1-2-3-5-4-16-9-6(11)8(13)12(9)7(5)10(14)15;/h2-3,6,9H,4,11H2,1H3,(H,14,15);/q;+1/p-1/b3-2-;/t6-,9-;/m1./s1. The van der Waals surface area contributed by atoms with Crippen molar-refractivity contribution in [2.45, 2.75) is 18.3 Å². The maximum atomic E-state index is 11.5. The molecule has 5 nitrogen and oxygen atoms in total. The number of amides is 1. The van der Waals surface area contributed by atoms with Gasteiger partial charge in [0.2, 0.25) is 5.91 Å². The average Bonchev–Trinajstić information content (AvgIpc) is 2.27. The van der Waals surface area contributed by atoms with Gasteiger partial charge in [0.05, 0.1) is 11.7 Å². The molecule has 0 spiro atoms. The molecule has 0 saturated carbocycles. The predicted molar refractivity (Wildman–Crippen MR) is 57.9 cm³/mol. The second-order valence-electron chi connectivity index (χ2n) is 3.60. The number of carbonyl (C=O) groups excluding carboxylic acids is 2. The third kappa shape index (κ3) is 2.55. The second-order valence-corrected chi connectivity index (χ2v) is 4.70. The van der Waals surface area contributed by atoms with Gasteiger partial charge in [-0.15, -0.1) is 11.8 Å². The third-order valence-corrected chi connectivity index (χ3v) is 3.92. The Morgan fingerprint density at radius 1 is 1.65 bits per heavy atom. The average molecular weight is 278 g/mol. The van der Waals surface area contributed by atoms with Crippen LogP contribution in [0.5, 0.6) is 0 Å². The van der Waals surface area contributed by atoms with E-state index in [9.17, 15) is 14.7 Å². The Labute approximate surface area is 146 Å². The molecule has 1 fully saturated rings. The number of aliphatic carboxylic acids is 1. The molecule has 0 bridgehead atoms. The fraction of sp³-hybridized carbons (Fsp3) is 0.400. The molecule has 86 valence electrons. The summed E-state index contributed by atoms with van der Waals surface area (Å²) in [4.78, 5) is 23.8. The van der Waals surface area contributed by atoms with Crippen molar-refractivity contribution in [2.24, 2.45) is 5.73 Å². The summed E-state index contributed by atoms with van der Waals surface area (Å²) in [5, 5.41) is 10.8. The number of nitrogens with two attached hydrogens (primary N) is 1. The van der Waals surface area contributed by atoms with Crippen molar-refractivity contribution in [1.82, 2.24) is 4.90 Å². The topological polar surface area (TPSA) is 86.5 Å². The first kappa shape index (κ1) is 15.4. The molecule has 17 heavy (non-hydrogen) atoms. The fourth-order valence-electron chi connectivity index (χ4n) is 1.86. The molecule has 0 aromatic carbocycles. The Hall–Kier alpha value is 0.366. The fourth-order valence-corrected chi connectivity index (χ4v) is 3.12. The quantitative estimate of drug-likeness (QED) is 0.409. The molecule has 0 aromatic heterocycles. The van der Waals surface area contributed by atoms with E-state index in [-0.39, 0.29) is 68.4 Å². The van der Waals surface area contributed by atoms with Gasteiger partial charge in [0, 0.05) is 5.75 Å². The van der Waals surface area contributed by atoms with Crippen LogP contribution in [0.3, 0.4) is 0 Å². The van der Waals surface area contributed by atoms with Gasteiger partial charge >= 0.3 is 51.4 Å². The van der Waals surface area contributed by atoms with Crippen LogP contribution >= 0.6 is 11.8 Å². The molecule has 2 N–H and O–H groups in total. The van der Waals surface area contributed by atoms with E-state index in [2.05, 4.69) is 0 Å². The molecule has 2 aliphatic heterocycles. The summed E-state index contributed by atoms with van der Waals surface area (Å²) in [6, 6.07) is -0.591. The first-order chi connectivity index (χ1) is 7.57. The summed E-state index contributed by atoms with van der Waals surface area (Å²) in [6.45, 7) is 1.79. The maximum Gasteiger partial charge on any atom is 1.00 e. The zero-order chi connectivity index (χ0) is 11.9. The van der Waals surface area contributed by atoms with Crippen molar-refractivity contribution in [3.05, 3.63) is 23.4 Å². The number of hydrogen-bond donors (Lipinski definition) is 1. The van der Waals surface area contributed by atoms with Crippen LogP contribution in [0.2, 0.25) is 0 Å². The number of allylic oxidation sites excluding steroid dienone is 2. The summed E-state index contributed by atoms with van der Waals surface area (Å²) in [5.41, 5.74) is 6.16. The summed E-state index contributed by atoms with van der Waals surface area (Å²) in [6.07, 6.45) is 3.43. The van der Waals surface area contributed by atoms with Gasteiger partial charge in [-0.25, -0.2) is 0 Å². The molecule has 2 aliphatic rings. The summed E-state index contributed by atoms with van der Waals surface area (Å²) in [5.74, 6) is -1.13. The van der Waals surface area contributed by atoms with Gasteiger partial charge in [0.1, 0.15) is 11.4 Å². The van der Waals surface area contributed by atoms with Crippen LogP contribution in [-0.4, -0.2) is 33.9 Å². The Balaban J connectivity index is 0.00000144. The van der Waals surface area contributed by atoms with Crippen LogP contribution in [0, 0.1) is 0 Å². The van der Waals surface area contributed by atoms with E-state index in [0.717, 1.165) is 0 Å². The Morgan fingerprint density at radius 3 is 2.82 bits per heavy atom. The maximum absolute atomic E-state index is 11.5. The molecule has 1 saturated heterocycles. The number of carboxylic acids is 1. The van der Waals surface area contributed by atoms with Gasteiger partial charge in [-0.05, 0) is 12.5 Å². The SMILES string of the molecule is C/C=C\C1=C(C(=O)[O-])N2C(=O)[C@@H](N)[C@H]2SC1.[K+]. The zero-order valence-electron chi connectivity index (χ0n) is 9.67.